The molecule has 1 aliphatic heterocycles. The van der Waals surface area contributed by atoms with Crippen LogP contribution in [0.15, 0.2) is 53.4 Å². The summed E-state index contributed by atoms with van der Waals surface area (Å²) in [6, 6.07) is 12.6. The van der Waals surface area contributed by atoms with Crippen LogP contribution in [0.5, 0.6) is 0 Å². The van der Waals surface area contributed by atoms with Crippen molar-refractivity contribution >= 4 is 33.2 Å². The van der Waals surface area contributed by atoms with Crippen molar-refractivity contribution in [2.75, 3.05) is 30.9 Å². The third kappa shape index (κ3) is 6.20. The van der Waals surface area contributed by atoms with Crippen molar-refractivity contribution in [1.29, 1.82) is 0 Å². The summed E-state index contributed by atoms with van der Waals surface area (Å²) in [5.41, 5.74) is 0.535. The van der Waals surface area contributed by atoms with Crippen molar-refractivity contribution in [3.8, 4) is 0 Å². The second-order valence-corrected chi connectivity index (χ2v) is 9.84. The molecular weight excluding hydrogens is 422 g/mol. The Morgan fingerprint density at radius 1 is 1.13 bits per heavy atom. The van der Waals surface area contributed by atoms with Crippen molar-refractivity contribution in [2.24, 2.45) is 5.92 Å². The topological polar surface area (TPSA) is 78.5 Å². The lowest BCUT2D eigenvalue weighted by Gasteiger charge is -2.30. The molecule has 2 N–H and O–H groups in total. The number of carbonyl (C=O) groups is 1. The molecule has 3 rings (SSSR count). The first-order valence-corrected chi connectivity index (χ1v) is 12.1. The number of anilines is 1. The molecule has 162 valence electrons. The number of amides is 1. The maximum atomic E-state index is 12.6. The van der Waals surface area contributed by atoms with Crippen LogP contribution in [0.2, 0.25) is 5.02 Å². The van der Waals surface area contributed by atoms with E-state index in [1.165, 1.54) is 43.2 Å². The van der Waals surface area contributed by atoms with Gasteiger partial charge in [-0.25, -0.2) is 8.42 Å². The summed E-state index contributed by atoms with van der Waals surface area (Å²) in [5, 5.41) is 3.16. The summed E-state index contributed by atoms with van der Waals surface area (Å²) >= 11 is 6.18. The molecule has 1 amide bonds. The Morgan fingerprint density at radius 3 is 2.53 bits per heavy atom. The van der Waals surface area contributed by atoms with Gasteiger partial charge in [-0.2, -0.15) is 0 Å². The zero-order valence-corrected chi connectivity index (χ0v) is 18.7. The van der Waals surface area contributed by atoms with Gasteiger partial charge in [0.1, 0.15) is 0 Å². The van der Waals surface area contributed by atoms with E-state index in [0.29, 0.717) is 6.54 Å². The third-order valence-electron chi connectivity index (χ3n) is 5.33. The lowest BCUT2D eigenvalue weighted by atomic mass is 9.99. The van der Waals surface area contributed by atoms with E-state index in [4.69, 9.17) is 11.6 Å². The average molecular weight is 450 g/mol. The van der Waals surface area contributed by atoms with Gasteiger partial charge in [0, 0.05) is 12.2 Å². The molecule has 0 saturated carbocycles. The number of rotatable bonds is 8. The number of hydrogen-bond donors (Lipinski definition) is 2. The fourth-order valence-electron chi connectivity index (χ4n) is 3.46. The molecule has 1 saturated heterocycles. The average Bonchev–Trinajstić information content (AvgIpc) is 2.74. The van der Waals surface area contributed by atoms with E-state index in [2.05, 4.69) is 21.9 Å². The molecule has 2 aromatic rings. The van der Waals surface area contributed by atoms with Crippen LogP contribution >= 0.6 is 11.6 Å². The highest BCUT2D eigenvalue weighted by molar-refractivity contribution is 7.92. The molecule has 1 fully saturated rings. The molecule has 0 aromatic heterocycles. The van der Waals surface area contributed by atoms with Gasteiger partial charge in [0.25, 0.3) is 15.9 Å². The lowest BCUT2D eigenvalue weighted by molar-refractivity contribution is 0.0950. The van der Waals surface area contributed by atoms with Crippen molar-refractivity contribution in [3.05, 3.63) is 59.1 Å². The molecule has 0 radical (unpaired) electrons. The second kappa shape index (κ2) is 10.3. The van der Waals surface area contributed by atoms with E-state index in [-0.39, 0.29) is 27.1 Å². The first kappa shape index (κ1) is 22.6. The number of nitrogens with zero attached hydrogens (tertiary/aromatic N) is 1. The highest BCUT2D eigenvalue weighted by Gasteiger charge is 2.17. The van der Waals surface area contributed by atoms with Gasteiger partial charge < -0.3 is 10.2 Å². The lowest BCUT2D eigenvalue weighted by Crippen LogP contribution is -2.35. The SMILES string of the molecule is CC1CCN(CCCNC(=O)c2cc(NS(=O)(=O)c3ccccc3)ccc2Cl)CC1. The quantitative estimate of drug-likeness (QED) is 0.597. The largest absolute Gasteiger partial charge is 0.352 e. The molecule has 0 atom stereocenters. The maximum absolute atomic E-state index is 12.6. The van der Waals surface area contributed by atoms with Crippen LogP contribution in [0, 0.1) is 5.92 Å². The van der Waals surface area contributed by atoms with Gasteiger partial charge >= 0.3 is 0 Å². The van der Waals surface area contributed by atoms with Gasteiger partial charge in [-0.1, -0.05) is 36.7 Å². The first-order valence-electron chi connectivity index (χ1n) is 10.2. The monoisotopic (exact) mass is 449 g/mol. The molecule has 1 aliphatic rings. The van der Waals surface area contributed by atoms with Crippen LogP contribution in [0.3, 0.4) is 0 Å². The highest BCUT2D eigenvalue weighted by Crippen LogP contribution is 2.23. The van der Waals surface area contributed by atoms with E-state index in [0.717, 1.165) is 32.0 Å². The van der Waals surface area contributed by atoms with Gasteiger partial charge in [-0.3, -0.25) is 9.52 Å². The summed E-state index contributed by atoms with van der Waals surface area (Å²) < 4.78 is 27.5. The predicted molar refractivity (Wildman–Crippen MR) is 120 cm³/mol. The second-order valence-electron chi connectivity index (χ2n) is 7.75. The summed E-state index contributed by atoms with van der Waals surface area (Å²) in [4.78, 5) is 15.1. The van der Waals surface area contributed by atoms with E-state index in [1.807, 2.05) is 0 Å². The van der Waals surface area contributed by atoms with Crippen molar-refractivity contribution in [1.82, 2.24) is 10.2 Å². The van der Waals surface area contributed by atoms with Crippen molar-refractivity contribution < 1.29 is 13.2 Å². The Bertz CT molecular complexity index is 959. The fraction of sp³-hybridized carbons (Fsp3) is 0.409. The maximum Gasteiger partial charge on any atom is 0.261 e. The van der Waals surface area contributed by atoms with Crippen LogP contribution < -0.4 is 10.0 Å². The van der Waals surface area contributed by atoms with E-state index < -0.39 is 10.0 Å². The molecule has 0 spiro atoms. The molecule has 0 unspecified atom stereocenters. The molecule has 0 aliphatic carbocycles. The van der Waals surface area contributed by atoms with Crippen LogP contribution in [-0.4, -0.2) is 45.4 Å². The third-order valence-corrected chi connectivity index (χ3v) is 7.06. The molecule has 6 nitrogen and oxygen atoms in total. The number of benzene rings is 2. The molecule has 0 bridgehead atoms. The highest BCUT2D eigenvalue weighted by atomic mass is 35.5. The molecule has 1 heterocycles. The van der Waals surface area contributed by atoms with Crippen LogP contribution in [0.1, 0.15) is 36.5 Å². The zero-order valence-electron chi connectivity index (χ0n) is 17.1. The fourth-order valence-corrected chi connectivity index (χ4v) is 4.74. The van der Waals surface area contributed by atoms with Gasteiger partial charge in [0.15, 0.2) is 0 Å². The van der Waals surface area contributed by atoms with Gasteiger partial charge in [-0.05, 0) is 75.1 Å². The van der Waals surface area contributed by atoms with Gasteiger partial charge in [0.05, 0.1) is 15.5 Å². The number of carbonyl (C=O) groups excluding carboxylic acids is 1. The van der Waals surface area contributed by atoms with E-state index in [9.17, 15) is 13.2 Å². The normalized spacial score (nSPS) is 15.7. The number of nitrogens with one attached hydrogen (secondary N) is 2. The summed E-state index contributed by atoms with van der Waals surface area (Å²) in [7, 11) is -3.74. The Morgan fingerprint density at radius 2 is 1.83 bits per heavy atom. The van der Waals surface area contributed by atoms with Crippen LogP contribution in [0.4, 0.5) is 5.69 Å². The van der Waals surface area contributed by atoms with Crippen molar-refractivity contribution in [3.63, 3.8) is 0 Å². The van der Waals surface area contributed by atoms with E-state index >= 15 is 0 Å². The smallest absolute Gasteiger partial charge is 0.261 e. The van der Waals surface area contributed by atoms with E-state index in [1.54, 1.807) is 18.2 Å². The predicted octanol–water partition coefficient (Wildman–Crippen LogP) is 3.99. The Balaban J connectivity index is 1.56. The van der Waals surface area contributed by atoms with Gasteiger partial charge in [0.2, 0.25) is 0 Å². The van der Waals surface area contributed by atoms with Crippen molar-refractivity contribution in [2.45, 2.75) is 31.1 Å². The number of sulfonamides is 1. The Hall–Kier alpha value is -2.09. The number of likely N-dealkylation sites (tertiary alicyclic amines) is 1. The number of piperidine rings is 1. The van der Waals surface area contributed by atoms with Crippen LogP contribution in [0.25, 0.3) is 0 Å². The molecule has 8 heteroatoms. The minimum absolute atomic E-state index is 0.151. The number of halogens is 1. The summed E-state index contributed by atoms with van der Waals surface area (Å²) in [5.74, 6) is 0.489. The Kier molecular flexibility index (Phi) is 7.75. The first-order chi connectivity index (χ1) is 14.3. The molecular formula is C22H28ClN3O3S. The molecule has 2 aromatic carbocycles. The Labute approximate surface area is 183 Å². The van der Waals surface area contributed by atoms with Crippen LogP contribution in [-0.2, 0) is 10.0 Å². The zero-order chi connectivity index (χ0) is 21.6. The molecule has 30 heavy (non-hydrogen) atoms. The minimum atomic E-state index is -3.74. The number of hydrogen-bond acceptors (Lipinski definition) is 4. The minimum Gasteiger partial charge on any atom is -0.352 e. The summed E-state index contributed by atoms with van der Waals surface area (Å²) in [6.45, 7) is 6.02. The standard InChI is InChI=1S/C22H28ClN3O3S/c1-17-10-14-26(15-11-17)13-5-12-24-22(27)20-16-18(8-9-21(20)23)25-30(28,29)19-6-3-2-4-7-19/h2-4,6-9,16-17,25H,5,10-15H2,1H3,(H,24,27). The summed E-state index contributed by atoms with van der Waals surface area (Å²) in [6.07, 6.45) is 3.32. The van der Waals surface area contributed by atoms with Gasteiger partial charge in [-0.15, -0.1) is 0 Å².